The molecule has 3 heterocycles. The van der Waals surface area contributed by atoms with Crippen molar-refractivity contribution in [3.8, 4) is 5.82 Å². The average Bonchev–Trinajstić information content (AvgIpc) is 3.15. The van der Waals surface area contributed by atoms with Gasteiger partial charge in [-0.2, -0.15) is 18.3 Å². The number of carbonyl (C=O) groups excluding carboxylic acids is 1. The Labute approximate surface area is 151 Å². The summed E-state index contributed by atoms with van der Waals surface area (Å²) in [6, 6.07) is 2.08. The highest BCUT2D eigenvalue weighted by molar-refractivity contribution is 5.90. The van der Waals surface area contributed by atoms with E-state index in [9.17, 15) is 18.0 Å². The zero-order chi connectivity index (χ0) is 19.8. The molecule has 0 aliphatic heterocycles. The van der Waals surface area contributed by atoms with Crippen LogP contribution in [0.25, 0.3) is 5.82 Å². The fourth-order valence-electron chi connectivity index (χ4n) is 2.44. The maximum Gasteiger partial charge on any atom is 0.417 e. The van der Waals surface area contributed by atoms with Crippen molar-refractivity contribution in [2.45, 2.75) is 33.6 Å². The summed E-state index contributed by atoms with van der Waals surface area (Å²) >= 11 is 0. The minimum atomic E-state index is -4.47. The van der Waals surface area contributed by atoms with Gasteiger partial charge in [-0.3, -0.25) is 0 Å². The van der Waals surface area contributed by atoms with E-state index in [0.717, 1.165) is 6.07 Å². The Kier molecular flexibility index (Phi) is 4.73. The number of halogens is 3. The first-order valence-electron chi connectivity index (χ1n) is 7.85. The Morgan fingerprint density at radius 2 is 1.96 bits per heavy atom. The van der Waals surface area contributed by atoms with E-state index in [-0.39, 0.29) is 18.0 Å². The third kappa shape index (κ3) is 3.69. The first kappa shape index (κ1) is 18.6. The molecule has 0 bridgehead atoms. The molecule has 0 aliphatic carbocycles. The quantitative estimate of drug-likeness (QED) is 0.644. The third-order valence-corrected chi connectivity index (χ3v) is 4.05. The van der Waals surface area contributed by atoms with Crippen molar-refractivity contribution in [2.24, 2.45) is 0 Å². The maximum absolute atomic E-state index is 12.6. The van der Waals surface area contributed by atoms with Crippen LogP contribution >= 0.6 is 0 Å². The molecular formula is C17H15F3N4O3. The summed E-state index contributed by atoms with van der Waals surface area (Å²) in [5.74, 6) is 0.0950. The molecule has 0 saturated carbocycles. The van der Waals surface area contributed by atoms with Gasteiger partial charge in [0.2, 0.25) is 0 Å². The van der Waals surface area contributed by atoms with E-state index >= 15 is 0 Å². The SMILES string of the molecule is Cc1noc(C)c1COC(=O)c1cnn(-c2ccc(C(F)(F)F)cn2)c1C. The molecule has 0 radical (unpaired) electrons. The van der Waals surface area contributed by atoms with Crippen LogP contribution in [0, 0.1) is 20.8 Å². The summed E-state index contributed by atoms with van der Waals surface area (Å²) in [7, 11) is 0. The molecule has 10 heteroatoms. The number of carbonyl (C=O) groups is 1. The lowest BCUT2D eigenvalue weighted by atomic mass is 10.2. The molecule has 0 unspecified atom stereocenters. The van der Waals surface area contributed by atoms with Crippen LogP contribution in [0.4, 0.5) is 13.2 Å². The number of nitrogens with zero attached hydrogens (tertiary/aromatic N) is 4. The summed E-state index contributed by atoms with van der Waals surface area (Å²) in [5.41, 5.74) is 1.02. The number of hydrogen-bond donors (Lipinski definition) is 0. The summed E-state index contributed by atoms with van der Waals surface area (Å²) in [6.45, 7) is 5.03. The van der Waals surface area contributed by atoms with E-state index in [1.807, 2.05) is 0 Å². The lowest BCUT2D eigenvalue weighted by Crippen LogP contribution is -2.10. The zero-order valence-corrected chi connectivity index (χ0v) is 14.7. The van der Waals surface area contributed by atoms with E-state index in [0.29, 0.717) is 28.9 Å². The molecule has 3 aromatic heterocycles. The molecule has 7 nitrogen and oxygen atoms in total. The molecule has 0 amide bonds. The molecule has 0 spiro atoms. The van der Waals surface area contributed by atoms with Crippen LogP contribution in [0.5, 0.6) is 0 Å². The van der Waals surface area contributed by atoms with Gasteiger partial charge in [0, 0.05) is 6.20 Å². The Morgan fingerprint density at radius 3 is 2.52 bits per heavy atom. The largest absolute Gasteiger partial charge is 0.457 e. The monoisotopic (exact) mass is 380 g/mol. The van der Waals surface area contributed by atoms with Crippen LogP contribution in [0.15, 0.2) is 29.0 Å². The Hall–Kier alpha value is -3.17. The minimum Gasteiger partial charge on any atom is -0.457 e. The smallest absolute Gasteiger partial charge is 0.417 e. The number of ether oxygens (including phenoxy) is 1. The van der Waals surface area contributed by atoms with E-state index in [2.05, 4.69) is 15.2 Å². The predicted octanol–water partition coefficient (Wildman–Crippen LogP) is 3.56. The number of aromatic nitrogens is 4. The van der Waals surface area contributed by atoms with Crippen molar-refractivity contribution < 1.29 is 27.2 Å². The fourth-order valence-corrected chi connectivity index (χ4v) is 2.44. The second-order valence-corrected chi connectivity index (χ2v) is 5.84. The topological polar surface area (TPSA) is 83.0 Å². The molecule has 3 rings (SSSR count). The van der Waals surface area contributed by atoms with Gasteiger partial charge >= 0.3 is 12.1 Å². The normalized spacial score (nSPS) is 11.6. The van der Waals surface area contributed by atoms with E-state index in [4.69, 9.17) is 9.26 Å². The van der Waals surface area contributed by atoms with Gasteiger partial charge in [-0.25, -0.2) is 14.5 Å². The summed E-state index contributed by atoms with van der Waals surface area (Å²) < 4.78 is 49.4. The number of aryl methyl sites for hydroxylation is 2. The summed E-state index contributed by atoms with van der Waals surface area (Å²) in [5, 5.41) is 7.80. The van der Waals surface area contributed by atoms with Gasteiger partial charge in [-0.1, -0.05) is 5.16 Å². The van der Waals surface area contributed by atoms with Crippen LogP contribution in [0.2, 0.25) is 0 Å². The zero-order valence-electron chi connectivity index (χ0n) is 14.7. The van der Waals surface area contributed by atoms with Gasteiger partial charge in [0.05, 0.1) is 28.7 Å². The Bertz CT molecular complexity index is 955. The highest BCUT2D eigenvalue weighted by atomic mass is 19.4. The second kappa shape index (κ2) is 6.86. The fraction of sp³-hybridized carbons (Fsp3) is 0.294. The van der Waals surface area contributed by atoms with Crippen molar-refractivity contribution >= 4 is 5.97 Å². The molecular weight excluding hydrogens is 365 g/mol. The van der Waals surface area contributed by atoms with Gasteiger partial charge in [0.1, 0.15) is 17.9 Å². The Morgan fingerprint density at radius 1 is 1.22 bits per heavy atom. The number of esters is 1. The van der Waals surface area contributed by atoms with Crippen LogP contribution in [-0.2, 0) is 17.5 Å². The van der Waals surface area contributed by atoms with Crippen LogP contribution in [0.3, 0.4) is 0 Å². The lowest BCUT2D eigenvalue weighted by molar-refractivity contribution is -0.137. The second-order valence-electron chi connectivity index (χ2n) is 5.84. The molecule has 0 saturated heterocycles. The first-order valence-corrected chi connectivity index (χ1v) is 7.85. The van der Waals surface area contributed by atoms with Crippen molar-refractivity contribution in [1.29, 1.82) is 0 Å². The van der Waals surface area contributed by atoms with Gasteiger partial charge < -0.3 is 9.26 Å². The highest BCUT2D eigenvalue weighted by Gasteiger charge is 2.31. The minimum absolute atomic E-state index is 0.0108. The molecule has 142 valence electrons. The van der Waals surface area contributed by atoms with Gasteiger partial charge in [-0.15, -0.1) is 0 Å². The summed E-state index contributed by atoms with van der Waals surface area (Å²) in [6.07, 6.45) is -2.48. The predicted molar refractivity (Wildman–Crippen MR) is 86.2 cm³/mol. The van der Waals surface area contributed by atoms with E-state index < -0.39 is 17.7 Å². The number of pyridine rings is 1. The van der Waals surface area contributed by atoms with E-state index in [1.165, 1.54) is 16.9 Å². The highest BCUT2D eigenvalue weighted by Crippen LogP contribution is 2.29. The molecule has 0 aromatic carbocycles. The average molecular weight is 380 g/mol. The molecule has 3 aromatic rings. The van der Waals surface area contributed by atoms with Crippen LogP contribution in [0.1, 0.15) is 38.6 Å². The number of alkyl halides is 3. The first-order chi connectivity index (χ1) is 12.7. The van der Waals surface area contributed by atoms with Gasteiger partial charge in [-0.05, 0) is 32.9 Å². The molecule has 27 heavy (non-hydrogen) atoms. The lowest BCUT2D eigenvalue weighted by Gasteiger charge is -2.08. The number of rotatable bonds is 4. The van der Waals surface area contributed by atoms with Crippen LogP contribution in [-0.4, -0.2) is 25.9 Å². The third-order valence-electron chi connectivity index (χ3n) is 4.05. The summed E-state index contributed by atoms with van der Waals surface area (Å²) in [4.78, 5) is 16.1. The molecule has 0 fully saturated rings. The number of hydrogen-bond acceptors (Lipinski definition) is 6. The van der Waals surface area contributed by atoms with E-state index in [1.54, 1.807) is 20.8 Å². The van der Waals surface area contributed by atoms with Gasteiger partial charge in [0.25, 0.3) is 0 Å². The van der Waals surface area contributed by atoms with Crippen molar-refractivity contribution in [3.05, 3.63) is 58.4 Å². The van der Waals surface area contributed by atoms with Crippen molar-refractivity contribution in [1.82, 2.24) is 19.9 Å². The molecule has 0 atom stereocenters. The van der Waals surface area contributed by atoms with Crippen molar-refractivity contribution in [3.63, 3.8) is 0 Å². The molecule has 0 N–H and O–H groups in total. The van der Waals surface area contributed by atoms with Crippen LogP contribution < -0.4 is 0 Å². The van der Waals surface area contributed by atoms with Crippen molar-refractivity contribution in [2.75, 3.05) is 0 Å². The Balaban J connectivity index is 1.77. The standard InChI is InChI=1S/C17H15F3N4O3/c1-9-14(11(3)27-23-9)8-26-16(25)13-7-22-24(10(13)2)15-5-4-12(6-21-15)17(18,19)20/h4-7H,8H2,1-3H3. The van der Waals surface area contributed by atoms with Gasteiger partial charge in [0.15, 0.2) is 5.82 Å². The molecule has 0 aliphatic rings. The maximum atomic E-state index is 12.6.